The number of unbranched alkanes of at least 4 members (excludes halogenated alkanes) is 2. The number of ether oxygens (including phenoxy) is 4. The second-order valence-electron chi connectivity index (χ2n) is 9.44. The molecule has 2 heterocycles. The van der Waals surface area contributed by atoms with Crippen LogP contribution in [0.2, 0.25) is 0 Å². The van der Waals surface area contributed by atoms with Crippen LogP contribution in [0.1, 0.15) is 71.6 Å². The summed E-state index contributed by atoms with van der Waals surface area (Å²) in [5, 5.41) is 0. The molecule has 0 aliphatic carbocycles. The molecule has 0 bridgehead atoms. The van der Waals surface area contributed by atoms with E-state index in [2.05, 4.69) is 26.7 Å². The lowest BCUT2D eigenvalue weighted by Crippen LogP contribution is -2.14. The Kier molecular flexibility index (Phi) is 10.2. The van der Waals surface area contributed by atoms with Gasteiger partial charge in [0.15, 0.2) is 0 Å². The number of aromatic nitrogens is 2. The minimum absolute atomic E-state index is 0.261. The van der Waals surface area contributed by atoms with Crippen LogP contribution in [0.5, 0.6) is 23.0 Å². The summed E-state index contributed by atoms with van der Waals surface area (Å²) in [6.07, 6.45) is 7.31. The van der Waals surface area contributed by atoms with Gasteiger partial charge in [0.25, 0.3) is 0 Å². The SMILES string of the molecule is CCCCOc1ccc(C(=O)c2c(-n3cccc3C(=O)c3ccc(OCCCC)cc3OC)ccn2S)c(OC)c1. The first-order chi connectivity index (χ1) is 19.9. The van der Waals surface area contributed by atoms with Crippen LogP contribution >= 0.6 is 12.8 Å². The van der Waals surface area contributed by atoms with Crippen LogP contribution in [0.3, 0.4) is 0 Å². The van der Waals surface area contributed by atoms with Crippen molar-refractivity contribution in [1.82, 2.24) is 8.54 Å². The number of nitrogens with zero attached hydrogens (tertiary/aromatic N) is 2. The zero-order valence-electron chi connectivity index (χ0n) is 23.9. The number of carbonyl (C=O) groups is 2. The van der Waals surface area contributed by atoms with E-state index in [4.69, 9.17) is 18.9 Å². The van der Waals surface area contributed by atoms with Crippen molar-refractivity contribution >= 4 is 24.4 Å². The highest BCUT2D eigenvalue weighted by Gasteiger charge is 2.26. The molecule has 216 valence electrons. The van der Waals surface area contributed by atoms with E-state index in [1.165, 1.54) is 18.2 Å². The molecule has 0 N–H and O–H groups in total. The number of benzene rings is 2. The molecule has 0 saturated carbocycles. The Morgan fingerprint density at radius 2 is 1.32 bits per heavy atom. The smallest absolute Gasteiger partial charge is 0.216 e. The molecule has 0 saturated heterocycles. The lowest BCUT2D eigenvalue weighted by Gasteiger charge is -2.15. The summed E-state index contributed by atoms with van der Waals surface area (Å²) in [4.78, 5) is 27.6. The Morgan fingerprint density at radius 3 is 1.85 bits per heavy atom. The van der Waals surface area contributed by atoms with Gasteiger partial charge in [-0.15, -0.1) is 0 Å². The Labute approximate surface area is 246 Å². The molecule has 0 atom stereocenters. The predicted octanol–water partition coefficient (Wildman–Crippen LogP) is 6.81. The van der Waals surface area contributed by atoms with Crippen LogP contribution in [0, 0.1) is 0 Å². The molecule has 4 rings (SSSR count). The summed E-state index contributed by atoms with van der Waals surface area (Å²) in [5.74, 6) is 1.49. The Hall–Kier alpha value is -4.11. The van der Waals surface area contributed by atoms with Gasteiger partial charge in [0.2, 0.25) is 11.6 Å². The third-order valence-electron chi connectivity index (χ3n) is 6.67. The Balaban J connectivity index is 1.67. The predicted molar refractivity (Wildman–Crippen MR) is 162 cm³/mol. The molecule has 0 aliphatic heterocycles. The van der Waals surface area contributed by atoms with E-state index in [1.54, 1.807) is 71.6 Å². The van der Waals surface area contributed by atoms with Crippen molar-refractivity contribution in [2.75, 3.05) is 27.4 Å². The number of carbonyl (C=O) groups excluding carboxylic acids is 2. The third kappa shape index (κ3) is 6.62. The highest BCUT2D eigenvalue weighted by molar-refractivity contribution is 7.78. The van der Waals surface area contributed by atoms with Gasteiger partial charge < -0.3 is 23.5 Å². The minimum atomic E-state index is -0.310. The maximum atomic E-state index is 13.9. The number of rotatable bonds is 15. The van der Waals surface area contributed by atoms with Crippen LogP contribution in [0.15, 0.2) is 67.0 Å². The van der Waals surface area contributed by atoms with Crippen molar-refractivity contribution in [2.24, 2.45) is 0 Å². The maximum absolute atomic E-state index is 13.9. The zero-order valence-corrected chi connectivity index (χ0v) is 24.8. The van der Waals surface area contributed by atoms with Gasteiger partial charge in [-0.3, -0.25) is 13.6 Å². The molecule has 2 aromatic heterocycles. The van der Waals surface area contributed by atoms with E-state index in [0.717, 1.165) is 25.7 Å². The fourth-order valence-electron chi connectivity index (χ4n) is 4.43. The summed E-state index contributed by atoms with van der Waals surface area (Å²) in [6, 6.07) is 15.5. The molecular formula is C32H36N2O6S. The topological polar surface area (TPSA) is 80.9 Å². The van der Waals surface area contributed by atoms with Gasteiger partial charge in [-0.1, -0.05) is 39.5 Å². The van der Waals surface area contributed by atoms with Crippen LogP contribution in [-0.4, -0.2) is 47.5 Å². The fraction of sp³-hybridized carbons (Fsp3) is 0.312. The van der Waals surface area contributed by atoms with Crippen molar-refractivity contribution in [2.45, 2.75) is 39.5 Å². The van der Waals surface area contributed by atoms with Gasteiger partial charge >= 0.3 is 0 Å². The molecule has 0 amide bonds. The van der Waals surface area contributed by atoms with E-state index in [9.17, 15) is 9.59 Å². The molecule has 0 spiro atoms. The summed E-state index contributed by atoms with van der Waals surface area (Å²) in [7, 11) is 3.03. The lowest BCUT2D eigenvalue weighted by atomic mass is 10.0. The minimum Gasteiger partial charge on any atom is -0.496 e. The van der Waals surface area contributed by atoms with E-state index in [0.29, 0.717) is 58.7 Å². The first-order valence-corrected chi connectivity index (χ1v) is 14.1. The second-order valence-corrected chi connectivity index (χ2v) is 9.87. The van der Waals surface area contributed by atoms with Gasteiger partial charge in [0.05, 0.1) is 49.9 Å². The van der Waals surface area contributed by atoms with Crippen molar-refractivity contribution in [3.05, 3.63) is 89.5 Å². The highest BCUT2D eigenvalue weighted by Crippen LogP contribution is 2.32. The van der Waals surface area contributed by atoms with E-state index >= 15 is 0 Å². The van der Waals surface area contributed by atoms with Crippen LogP contribution < -0.4 is 18.9 Å². The summed E-state index contributed by atoms with van der Waals surface area (Å²) in [5.41, 5.74) is 1.88. The molecule has 0 aliphatic rings. The summed E-state index contributed by atoms with van der Waals surface area (Å²) in [6.45, 7) is 5.36. The number of thiol groups is 1. The van der Waals surface area contributed by atoms with Crippen LogP contribution in [-0.2, 0) is 0 Å². The Bertz CT molecular complexity index is 1510. The maximum Gasteiger partial charge on any atom is 0.216 e. The normalized spacial score (nSPS) is 10.9. The molecule has 0 radical (unpaired) electrons. The van der Waals surface area contributed by atoms with Crippen LogP contribution in [0.25, 0.3) is 5.69 Å². The van der Waals surface area contributed by atoms with Crippen molar-refractivity contribution in [3.63, 3.8) is 0 Å². The average molecular weight is 577 g/mol. The van der Waals surface area contributed by atoms with Crippen LogP contribution in [0.4, 0.5) is 0 Å². The second kappa shape index (κ2) is 14.0. The molecule has 8 nitrogen and oxygen atoms in total. The highest BCUT2D eigenvalue weighted by atomic mass is 32.1. The molecular weight excluding hydrogens is 540 g/mol. The van der Waals surface area contributed by atoms with Gasteiger partial charge in [0, 0.05) is 24.5 Å². The van der Waals surface area contributed by atoms with E-state index in [1.807, 2.05) is 0 Å². The monoisotopic (exact) mass is 576 g/mol. The van der Waals surface area contributed by atoms with E-state index in [-0.39, 0.29) is 17.3 Å². The number of hydrogen-bond donors (Lipinski definition) is 1. The third-order valence-corrected chi connectivity index (χ3v) is 7.00. The van der Waals surface area contributed by atoms with Crippen molar-refractivity contribution in [3.8, 4) is 28.7 Å². The molecule has 9 heteroatoms. The standard InChI is InChI=1S/C32H36N2O6S/c1-5-7-18-39-22-11-13-24(28(20-22)37-3)31(35)27-10-9-16-33(27)26-15-17-34(41)30(26)32(36)25-14-12-23(21-29(25)38-4)40-19-8-6-2/h9-17,20-21,41H,5-8,18-19H2,1-4H3. The van der Waals surface area contributed by atoms with Crippen molar-refractivity contribution < 1.29 is 28.5 Å². The van der Waals surface area contributed by atoms with Gasteiger partial charge in [-0.05, 0) is 55.3 Å². The first-order valence-electron chi connectivity index (χ1n) is 13.7. The lowest BCUT2D eigenvalue weighted by molar-refractivity contribution is 0.101. The molecule has 4 aromatic rings. The zero-order chi connectivity index (χ0) is 29.4. The number of hydrogen-bond acceptors (Lipinski definition) is 7. The first kappa shape index (κ1) is 29.9. The molecule has 0 fully saturated rings. The van der Waals surface area contributed by atoms with Crippen molar-refractivity contribution in [1.29, 1.82) is 0 Å². The Morgan fingerprint density at radius 1 is 0.756 bits per heavy atom. The summed E-state index contributed by atoms with van der Waals surface area (Å²) >= 11 is 4.51. The summed E-state index contributed by atoms with van der Waals surface area (Å²) < 4.78 is 25.8. The molecule has 2 aromatic carbocycles. The fourth-order valence-corrected chi connectivity index (χ4v) is 4.69. The molecule has 0 unspecified atom stereocenters. The van der Waals surface area contributed by atoms with Gasteiger partial charge in [-0.25, -0.2) is 0 Å². The largest absolute Gasteiger partial charge is 0.496 e. The van der Waals surface area contributed by atoms with Gasteiger partial charge in [0.1, 0.15) is 28.7 Å². The number of methoxy groups -OCH3 is 2. The molecule has 41 heavy (non-hydrogen) atoms. The van der Waals surface area contributed by atoms with E-state index < -0.39 is 0 Å². The van der Waals surface area contributed by atoms with Gasteiger partial charge in [-0.2, -0.15) is 0 Å². The quantitative estimate of drug-likeness (QED) is 0.0952. The average Bonchev–Trinajstić information content (AvgIpc) is 3.63. The number of ketones is 2.